The number of hydrogen-bond donors (Lipinski definition) is 0. The maximum atomic E-state index is 12.8. The van der Waals surface area contributed by atoms with Crippen LogP contribution >= 0.6 is 11.6 Å². The molecular weight excluding hydrogens is 310 g/mol. The van der Waals surface area contributed by atoms with Gasteiger partial charge in [0.2, 0.25) is 0 Å². The standard InChI is InChI=1S/C15H14ClNO3S/c1-11-10-17(14-4-2-3-5-15(14)20-11)21(18,19)13-8-6-12(16)7-9-13/h2-9,11H,10H2,1H3. The smallest absolute Gasteiger partial charge is 0.264 e. The lowest BCUT2D eigenvalue weighted by Crippen LogP contribution is -2.42. The molecule has 0 amide bonds. The quantitative estimate of drug-likeness (QED) is 0.851. The number of nitrogens with zero attached hydrogens (tertiary/aromatic N) is 1. The summed E-state index contributed by atoms with van der Waals surface area (Å²) < 4.78 is 32.7. The van der Waals surface area contributed by atoms with Crippen molar-refractivity contribution < 1.29 is 13.2 Å². The van der Waals surface area contributed by atoms with Crippen molar-refractivity contribution in [3.05, 3.63) is 53.6 Å². The molecule has 21 heavy (non-hydrogen) atoms. The van der Waals surface area contributed by atoms with Crippen LogP contribution in [0, 0.1) is 0 Å². The SMILES string of the molecule is CC1CN(S(=O)(=O)c2ccc(Cl)cc2)c2ccccc2O1. The van der Waals surface area contributed by atoms with E-state index in [9.17, 15) is 8.42 Å². The number of rotatable bonds is 2. The van der Waals surface area contributed by atoms with Gasteiger partial charge in [0, 0.05) is 5.02 Å². The van der Waals surface area contributed by atoms with Crippen LogP contribution in [0.4, 0.5) is 5.69 Å². The number of hydrogen-bond acceptors (Lipinski definition) is 3. The molecule has 0 aromatic heterocycles. The van der Waals surface area contributed by atoms with Gasteiger partial charge in [-0.3, -0.25) is 4.31 Å². The van der Waals surface area contributed by atoms with Gasteiger partial charge in [-0.1, -0.05) is 23.7 Å². The molecule has 0 aliphatic carbocycles. The van der Waals surface area contributed by atoms with Gasteiger partial charge in [-0.05, 0) is 43.3 Å². The lowest BCUT2D eigenvalue weighted by Gasteiger charge is -2.34. The van der Waals surface area contributed by atoms with E-state index in [0.717, 1.165) is 0 Å². The summed E-state index contributed by atoms with van der Waals surface area (Å²) >= 11 is 5.82. The van der Waals surface area contributed by atoms with Crippen LogP contribution in [0.2, 0.25) is 5.02 Å². The first-order valence-electron chi connectivity index (χ1n) is 6.52. The molecule has 0 radical (unpaired) electrons. The van der Waals surface area contributed by atoms with Gasteiger partial charge in [0.25, 0.3) is 10.0 Å². The molecule has 0 N–H and O–H groups in total. The number of halogens is 1. The number of para-hydroxylation sites is 2. The van der Waals surface area contributed by atoms with Gasteiger partial charge < -0.3 is 4.74 Å². The Kier molecular flexibility index (Phi) is 3.55. The summed E-state index contributed by atoms with van der Waals surface area (Å²) in [6, 6.07) is 13.3. The summed E-state index contributed by atoms with van der Waals surface area (Å²) in [5, 5.41) is 0.504. The predicted octanol–water partition coefficient (Wildman–Crippen LogP) is 3.32. The van der Waals surface area contributed by atoms with E-state index in [0.29, 0.717) is 16.5 Å². The molecule has 110 valence electrons. The van der Waals surface area contributed by atoms with Crippen LogP contribution in [0.15, 0.2) is 53.4 Å². The van der Waals surface area contributed by atoms with Crippen LogP contribution in [0.5, 0.6) is 5.75 Å². The van der Waals surface area contributed by atoms with Crippen molar-refractivity contribution >= 4 is 27.3 Å². The number of fused-ring (bicyclic) bond motifs is 1. The van der Waals surface area contributed by atoms with Gasteiger partial charge in [-0.2, -0.15) is 0 Å². The second-order valence-corrected chi connectivity index (χ2v) is 7.19. The van der Waals surface area contributed by atoms with Crippen LogP contribution in [0.1, 0.15) is 6.92 Å². The molecule has 1 heterocycles. The highest BCUT2D eigenvalue weighted by molar-refractivity contribution is 7.92. The van der Waals surface area contributed by atoms with E-state index in [1.165, 1.54) is 16.4 Å². The minimum Gasteiger partial charge on any atom is -0.487 e. The fourth-order valence-electron chi connectivity index (χ4n) is 2.31. The van der Waals surface area contributed by atoms with Crippen molar-refractivity contribution in [3.63, 3.8) is 0 Å². The number of benzene rings is 2. The zero-order valence-electron chi connectivity index (χ0n) is 11.4. The van der Waals surface area contributed by atoms with E-state index in [4.69, 9.17) is 16.3 Å². The molecule has 3 rings (SSSR count). The Morgan fingerprint density at radius 3 is 2.52 bits per heavy atom. The topological polar surface area (TPSA) is 46.6 Å². The second kappa shape index (κ2) is 5.24. The molecule has 2 aromatic carbocycles. The normalized spacial score (nSPS) is 18.0. The van der Waals surface area contributed by atoms with Crippen molar-refractivity contribution in [3.8, 4) is 5.75 Å². The van der Waals surface area contributed by atoms with Crippen molar-refractivity contribution in [2.24, 2.45) is 0 Å². The maximum Gasteiger partial charge on any atom is 0.264 e. The third kappa shape index (κ3) is 2.59. The fraction of sp³-hybridized carbons (Fsp3) is 0.200. The van der Waals surface area contributed by atoms with E-state index in [-0.39, 0.29) is 17.5 Å². The van der Waals surface area contributed by atoms with E-state index in [1.807, 2.05) is 13.0 Å². The first kappa shape index (κ1) is 14.2. The molecule has 0 bridgehead atoms. The molecule has 2 aromatic rings. The van der Waals surface area contributed by atoms with Crippen LogP contribution in [0.25, 0.3) is 0 Å². The summed E-state index contributed by atoms with van der Waals surface area (Å²) in [6.45, 7) is 2.13. The van der Waals surface area contributed by atoms with Gasteiger partial charge >= 0.3 is 0 Å². The third-order valence-electron chi connectivity index (χ3n) is 3.29. The Morgan fingerprint density at radius 2 is 1.81 bits per heavy atom. The van der Waals surface area contributed by atoms with Gasteiger partial charge in [-0.25, -0.2) is 8.42 Å². The average Bonchev–Trinajstić information content (AvgIpc) is 2.46. The first-order chi connectivity index (χ1) is 9.98. The molecule has 4 nitrogen and oxygen atoms in total. The van der Waals surface area contributed by atoms with E-state index in [1.54, 1.807) is 30.3 Å². The molecule has 0 fully saturated rings. The molecule has 1 atom stereocenters. The summed E-state index contributed by atoms with van der Waals surface area (Å²) in [7, 11) is -3.63. The first-order valence-corrected chi connectivity index (χ1v) is 8.34. The van der Waals surface area contributed by atoms with E-state index >= 15 is 0 Å². The molecule has 1 unspecified atom stereocenters. The monoisotopic (exact) mass is 323 g/mol. The lowest BCUT2D eigenvalue weighted by atomic mass is 10.2. The highest BCUT2D eigenvalue weighted by Gasteiger charge is 2.32. The van der Waals surface area contributed by atoms with Gasteiger partial charge in [0.1, 0.15) is 11.9 Å². The number of sulfonamides is 1. The van der Waals surface area contributed by atoms with E-state index in [2.05, 4.69) is 0 Å². The van der Waals surface area contributed by atoms with Crippen LogP contribution in [-0.2, 0) is 10.0 Å². The van der Waals surface area contributed by atoms with E-state index < -0.39 is 10.0 Å². The molecule has 0 saturated carbocycles. The van der Waals surface area contributed by atoms with Gasteiger partial charge in [0.05, 0.1) is 17.1 Å². The minimum absolute atomic E-state index is 0.207. The number of anilines is 1. The minimum atomic E-state index is -3.63. The molecular formula is C15H14ClNO3S. The molecule has 0 spiro atoms. The zero-order valence-corrected chi connectivity index (χ0v) is 12.9. The average molecular weight is 324 g/mol. The summed E-state index contributed by atoms with van der Waals surface area (Å²) in [6.07, 6.45) is -0.207. The predicted molar refractivity (Wildman–Crippen MR) is 82.5 cm³/mol. The Labute approximate surface area is 129 Å². The molecule has 0 saturated heterocycles. The molecule has 1 aliphatic rings. The maximum absolute atomic E-state index is 12.8. The van der Waals surface area contributed by atoms with Gasteiger partial charge in [-0.15, -0.1) is 0 Å². The van der Waals surface area contributed by atoms with Crippen molar-refractivity contribution in [1.82, 2.24) is 0 Å². The van der Waals surface area contributed by atoms with Gasteiger partial charge in [0.15, 0.2) is 0 Å². The third-order valence-corrected chi connectivity index (χ3v) is 5.33. The summed E-state index contributed by atoms with van der Waals surface area (Å²) in [5.41, 5.74) is 0.561. The van der Waals surface area contributed by atoms with Crippen LogP contribution in [-0.4, -0.2) is 21.1 Å². The highest BCUT2D eigenvalue weighted by atomic mass is 35.5. The zero-order chi connectivity index (χ0) is 15.0. The second-order valence-electron chi connectivity index (χ2n) is 4.89. The largest absolute Gasteiger partial charge is 0.487 e. The molecule has 6 heteroatoms. The van der Waals surface area contributed by atoms with Crippen molar-refractivity contribution in [2.75, 3.05) is 10.8 Å². The fourth-order valence-corrected chi connectivity index (χ4v) is 3.99. The van der Waals surface area contributed by atoms with Crippen LogP contribution < -0.4 is 9.04 Å². The summed E-state index contributed by atoms with van der Waals surface area (Å²) in [4.78, 5) is 0.218. The lowest BCUT2D eigenvalue weighted by molar-refractivity contribution is 0.219. The Balaban J connectivity index is 2.09. The Hall–Kier alpha value is -1.72. The highest BCUT2D eigenvalue weighted by Crippen LogP contribution is 2.36. The summed E-state index contributed by atoms with van der Waals surface area (Å²) in [5.74, 6) is 0.578. The van der Waals surface area contributed by atoms with Crippen LogP contribution in [0.3, 0.4) is 0 Å². The van der Waals surface area contributed by atoms with Crippen molar-refractivity contribution in [2.45, 2.75) is 17.9 Å². The Bertz CT molecular complexity index is 759. The molecule has 1 aliphatic heterocycles. The number of ether oxygens (including phenoxy) is 1. The van der Waals surface area contributed by atoms with Crippen molar-refractivity contribution in [1.29, 1.82) is 0 Å². The Morgan fingerprint density at radius 1 is 1.14 bits per heavy atom.